The van der Waals surface area contributed by atoms with Gasteiger partial charge in [-0.25, -0.2) is 4.79 Å². The molecule has 19 heavy (non-hydrogen) atoms. The number of oxazole rings is 1. The molecule has 0 radical (unpaired) electrons. The Kier molecular flexibility index (Phi) is 4.12. The molecule has 5 nitrogen and oxygen atoms in total. The number of rotatable bonds is 3. The van der Waals surface area contributed by atoms with E-state index in [1.54, 1.807) is 6.92 Å². The van der Waals surface area contributed by atoms with E-state index in [1.165, 1.54) is 12.7 Å². The first-order valence-electron chi connectivity index (χ1n) is 6.89. The van der Waals surface area contributed by atoms with Gasteiger partial charge in [0.2, 0.25) is 0 Å². The van der Waals surface area contributed by atoms with E-state index in [-0.39, 0.29) is 5.69 Å². The molecule has 0 unspecified atom stereocenters. The second kappa shape index (κ2) is 5.63. The van der Waals surface area contributed by atoms with Gasteiger partial charge in [-0.3, -0.25) is 0 Å². The Labute approximate surface area is 113 Å². The summed E-state index contributed by atoms with van der Waals surface area (Å²) in [5.41, 5.74) is 0.617. The maximum Gasteiger partial charge on any atom is 0.360 e. The van der Waals surface area contributed by atoms with Crippen LogP contribution in [0.3, 0.4) is 0 Å². The lowest BCUT2D eigenvalue weighted by molar-refractivity contribution is 0.0519. The van der Waals surface area contributed by atoms with Crippen LogP contribution in [0, 0.1) is 5.41 Å². The first-order chi connectivity index (χ1) is 9.02. The molecule has 1 aliphatic heterocycles. The van der Waals surface area contributed by atoms with Crippen molar-refractivity contribution in [3.05, 3.63) is 12.0 Å². The van der Waals surface area contributed by atoms with Crippen LogP contribution in [0.4, 0.5) is 6.01 Å². The van der Waals surface area contributed by atoms with Crippen LogP contribution in [-0.4, -0.2) is 30.6 Å². The highest BCUT2D eigenvalue weighted by atomic mass is 16.5. The second-order valence-corrected chi connectivity index (χ2v) is 5.74. The molecular formula is C14H22N2O3. The van der Waals surface area contributed by atoms with Crippen molar-refractivity contribution in [1.82, 2.24) is 4.98 Å². The molecule has 0 atom stereocenters. The van der Waals surface area contributed by atoms with Gasteiger partial charge in [0.25, 0.3) is 6.01 Å². The third-order valence-corrected chi connectivity index (χ3v) is 3.59. The lowest BCUT2D eigenvalue weighted by atomic mass is 9.85. The summed E-state index contributed by atoms with van der Waals surface area (Å²) in [5, 5.41) is 0. The number of hydrogen-bond donors (Lipinski definition) is 0. The minimum Gasteiger partial charge on any atom is -0.461 e. The number of ether oxygens (including phenoxy) is 1. The van der Waals surface area contributed by atoms with Crippen molar-refractivity contribution in [1.29, 1.82) is 0 Å². The molecule has 1 saturated heterocycles. The van der Waals surface area contributed by atoms with Gasteiger partial charge in [0.05, 0.1) is 6.61 Å². The molecule has 0 spiro atoms. The van der Waals surface area contributed by atoms with Crippen molar-refractivity contribution in [3.8, 4) is 0 Å². The molecule has 106 valence electrons. The highest BCUT2D eigenvalue weighted by Gasteiger charge is 2.25. The summed E-state index contributed by atoms with van der Waals surface area (Å²) in [6, 6.07) is 0.528. The lowest BCUT2D eigenvalue weighted by Gasteiger charge is -2.22. The third-order valence-electron chi connectivity index (χ3n) is 3.59. The summed E-state index contributed by atoms with van der Waals surface area (Å²) < 4.78 is 10.3. The molecule has 1 aromatic rings. The molecule has 1 aliphatic rings. The van der Waals surface area contributed by atoms with Gasteiger partial charge >= 0.3 is 5.97 Å². The Morgan fingerprint density at radius 3 is 3.00 bits per heavy atom. The summed E-state index contributed by atoms with van der Waals surface area (Å²) in [5.74, 6) is -0.423. The van der Waals surface area contributed by atoms with E-state index in [0.29, 0.717) is 18.0 Å². The van der Waals surface area contributed by atoms with Gasteiger partial charge in [-0.15, -0.1) is 0 Å². The van der Waals surface area contributed by atoms with Crippen molar-refractivity contribution in [2.75, 3.05) is 24.6 Å². The zero-order valence-electron chi connectivity index (χ0n) is 11.9. The molecule has 0 aliphatic carbocycles. The minimum absolute atomic E-state index is 0.250. The number of carbonyl (C=O) groups excluding carboxylic acids is 1. The van der Waals surface area contributed by atoms with Crippen LogP contribution in [0.5, 0.6) is 0 Å². The number of nitrogens with zero attached hydrogens (tertiary/aromatic N) is 2. The molecule has 0 amide bonds. The average Bonchev–Trinajstić information content (AvgIpc) is 2.76. The van der Waals surface area contributed by atoms with Gasteiger partial charge < -0.3 is 14.1 Å². The zero-order valence-corrected chi connectivity index (χ0v) is 11.9. The zero-order chi connectivity index (χ0) is 13.9. The first kappa shape index (κ1) is 13.9. The lowest BCUT2D eigenvalue weighted by Crippen LogP contribution is -2.25. The number of anilines is 1. The van der Waals surface area contributed by atoms with Crippen molar-refractivity contribution >= 4 is 12.0 Å². The Bertz CT molecular complexity index is 440. The third kappa shape index (κ3) is 3.49. The van der Waals surface area contributed by atoms with Crippen LogP contribution in [0.15, 0.2) is 10.7 Å². The normalized spacial score (nSPS) is 19.0. The summed E-state index contributed by atoms with van der Waals surface area (Å²) >= 11 is 0. The van der Waals surface area contributed by atoms with E-state index < -0.39 is 5.97 Å². The molecule has 0 aromatic carbocycles. The fraction of sp³-hybridized carbons (Fsp3) is 0.714. The van der Waals surface area contributed by atoms with E-state index in [4.69, 9.17) is 9.15 Å². The maximum atomic E-state index is 11.5. The Hall–Kier alpha value is -1.52. The summed E-state index contributed by atoms with van der Waals surface area (Å²) in [7, 11) is 0. The minimum atomic E-state index is -0.423. The van der Waals surface area contributed by atoms with Gasteiger partial charge in [-0.05, 0) is 31.6 Å². The highest BCUT2D eigenvalue weighted by Crippen LogP contribution is 2.31. The molecule has 1 fully saturated rings. The Morgan fingerprint density at radius 1 is 1.47 bits per heavy atom. The average molecular weight is 266 g/mol. The standard InChI is InChI=1S/C14H22N2O3/c1-4-18-12(17)11-10-19-13(15-11)16-8-5-6-14(2,3)7-9-16/h10H,4-9H2,1-3H3. The predicted octanol–water partition coefficient (Wildman–Crippen LogP) is 2.87. The van der Waals surface area contributed by atoms with Crippen LogP contribution >= 0.6 is 0 Å². The molecule has 1 aromatic heterocycles. The predicted molar refractivity (Wildman–Crippen MR) is 72.3 cm³/mol. The molecule has 0 N–H and O–H groups in total. The molecule has 2 rings (SSSR count). The quantitative estimate of drug-likeness (QED) is 0.787. The van der Waals surface area contributed by atoms with E-state index in [9.17, 15) is 4.79 Å². The monoisotopic (exact) mass is 266 g/mol. The first-order valence-corrected chi connectivity index (χ1v) is 6.89. The molecule has 0 bridgehead atoms. The van der Waals surface area contributed by atoms with Gasteiger partial charge in [0.1, 0.15) is 6.26 Å². The van der Waals surface area contributed by atoms with Crippen LogP contribution in [0.25, 0.3) is 0 Å². The van der Waals surface area contributed by atoms with Crippen molar-refractivity contribution in [2.24, 2.45) is 5.41 Å². The Morgan fingerprint density at radius 2 is 2.26 bits per heavy atom. The number of aromatic nitrogens is 1. The highest BCUT2D eigenvalue weighted by molar-refractivity contribution is 5.87. The van der Waals surface area contributed by atoms with Crippen LogP contribution in [0.2, 0.25) is 0 Å². The fourth-order valence-corrected chi connectivity index (χ4v) is 2.32. The number of hydrogen-bond acceptors (Lipinski definition) is 5. The van der Waals surface area contributed by atoms with Gasteiger partial charge in [-0.2, -0.15) is 4.98 Å². The topological polar surface area (TPSA) is 55.6 Å². The van der Waals surface area contributed by atoms with Crippen LogP contribution in [0.1, 0.15) is 50.5 Å². The molecule has 5 heteroatoms. The number of carbonyl (C=O) groups is 1. The number of esters is 1. The summed E-state index contributed by atoms with van der Waals surface area (Å²) in [6.45, 7) is 8.53. The SMILES string of the molecule is CCOC(=O)c1coc(N2CCCC(C)(C)CC2)n1. The molecule has 2 heterocycles. The van der Waals surface area contributed by atoms with Crippen molar-refractivity contribution in [2.45, 2.75) is 40.0 Å². The van der Waals surface area contributed by atoms with Crippen LogP contribution in [-0.2, 0) is 4.74 Å². The van der Waals surface area contributed by atoms with E-state index in [2.05, 4.69) is 23.7 Å². The van der Waals surface area contributed by atoms with E-state index in [1.807, 2.05) is 0 Å². The Balaban J connectivity index is 2.04. The van der Waals surface area contributed by atoms with Crippen molar-refractivity contribution < 1.29 is 13.9 Å². The largest absolute Gasteiger partial charge is 0.461 e. The van der Waals surface area contributed by atoms with Gasteiger partial charge in [0, 0.05) is 13.1 Å². The maximum absolute atomic E-state index is 11.5. The van der Waals surface area contributed by atoms with E-state index in [0.717, 1.165) is 25.9 Å². The summed E-state index contributed by atoms with van der Waals surface area (Å²) in [6.07, 6.45) is 4.80. The van der Waals surface area contributed by atoms with Gasteiger partial charge in [-0.1, -0.05) is 13.8 Å². The second-order valence-electron chi connectivity index (χ2n) is 5.74. The molecular weight excluding hydrogens is 244 g/mol. The molecule has 0 saturated carbocycles. The summed E-state index contributed by atoms with van der Waals surface area (Å²) in [4.78, 5) is 17.9. The van der Waals surface area contributed by atoms with Crippen LogP contribution < -0.4 is 4.90 Å². The fourth-order valence-electron chi connectivity index (χ4n) is 2.32. The van der Waals surface area contributed by atoms with Crippen molar-refractivity contribution in [3.63, 3.8) is 0 Å². The van der Waals surface area contributed by atoms with E-state index >= 15 is 0 Å². The smallest absolute Gasteiger partial charge is 0.360 e. The van der Waals surface area contributed by atoms with Gasteiger partial charge in [0.15, 0.2) is 5.69 Å².